The molecule has 1 aliphatic rings. The number of benzene rings is 1. The lowest BCUT2D eigenvalue weighted by Gasteiger charge is -2.25. The number of nitrogen functional groups attached to an aromatic ring is 1. The zero-order chi connectivity index (χ0) is 15.4. The quantitative estimate of drug-likeness (QED) is 0.935. The van der Waals surface area contributed by atoms with Crippen molar-refractivity contribution >= 4 is 17.2 Å². The van der Waals surface area contributed by atoms with E-state index in [4.69, 9.17) is 10.5 Å². The average molecular weight is 298 g/mol. The molecule has 0 amide bonds. The molecule has 2 N–H and O–H groups in total. The summed E-state index contributed by atoms with van der Waals surface area (Å²) in [5.41, 5.74) is 7.77. The van der Waals surface area contributed by atoms with Crippen LogP contribution in [0.5, 0.6) is 5.88 Å². The van der Waals surface area contributed by atoms with E-state index in [0.29, 0.717) is 17.4 Å². The largest absolute Gasteiger partial charge is 0.473 e. The van der Waals surface area contributed by atoms with Gasteiger partial charge in [-0.15, -0.1) is 0 Å². The van der Waals surface area contributed by atoms with Crippen LogP contribution in [0.4, 0.5) is 17.2 Å². The van der Waals surface area contributed by atoms with E-state index in [-0.39, 0.29) is 6.10 Å². The summed E-state index contributed by atoms with van der Waals surface area (Å²) < 4.78 is 6.01. The normalized spacial score (nSPS) is 15.5. The molecule has 0 radical (unpaired) electrons. The molecule has 1 aliphatic carbocycles. The van der Waals surface area contributed by atoms with Crippen molar-refractivity contribution in [1.29, 1.82) is 0 Å². The van der Waals surface area contributed by atoms with Gasteiger partial charge in [0.15, 0.2) is 5.82 Å². The van der Waals surface area contributed by atoms with Crippen molar-refractivity contribution in [3.63, 3.8) is 0 Å². The van der Waals surface area contributed by atoms with E-state index in [0.717, 1.165) is 18.5 Å². The maximum absolute atomic E-state index is 6.25. The summed E-state index contributed by atoms with van der Waals surface area (Å²) in [7, 11) is 1.94. The van der Waals surface area contributed by atoms with E-state index in [1.807, 2.05) is 42.3 Å². The molecule has 0 aliphatic heterocycles. The number of anilines is 3. The van der Waals surface area contributed by atoms with Crippen LogP contribution in [0.1, 0.15) is 32.1 Å². The predicted molar refractivity (Wildman–Crippen MR) is 88.5 cm³/mol. The summed E-state index contributed by atoms with van der Waals surface area (Å²) in [5, 5.41) is 0. The van der Waals surface area contributed by atoms with Gasteiger partial charge in [-0.05, 0) is 37.8 Å². The fourth-order valence-corrected chi connectivity index (χ4v) is 2.85. The third kappa shape index (κ3) is 3.13. The van der Waals surface area contributed by atoms with Gasteiger partial charge in [0.25, 0.3) is 0 Å². The number of para-hydroxylation sites is 1. The van der Waals surface area contributed by atoms with Gasteiger partial charge in [0.1, 0.15) is 18.1 Å². The van der Waals surface area contributed by atoms with E-state index in [1.165, 1.54) is 25.6 Å². The number of aromatic nitrogens is 2. The van der Waals surface area contributed by atoms with E-state index in [1.54, 1.807) is 0 Å². The third-order valence-electron chi connectivity index (χ3n) is 4.12. The van der Waals surface area contributed by atoms with Gasteiger partial charge in [0, 0.05) is 12.7 Å². The minimum atomic E-state index is 0.223. The van der Waals surface area contributed by atoms with Crippen molar-refractivity contribution < 1.29 is 4.74 Å². The fraction of sp³-hybridized carbons (Fsp3) is 0.412. The van der Waals surface area contributed by atoms with Crippen molar-refractivity contribution in [2.24, 2.45) is 0 Å². The van der Waals surface area contributed by atoms with Crippen molar-refractivity contribution in [3.05, 3.63) is 36.7 Å². The lowest BCUT2D eigenvalue weighted by molar-refractivity contribution is 0.149. The summed E-state index contributed by atoms with van der Waals surface area (Å²) in [6, 6.07) is 10.00. The van der Waals surface area contributed by atoms with Crippen molar-refractivity contribution in [2.75, 3.05) is 17.7 Å². The summed E-state index contributed by atoms with van der Waals surface area (Å²) in [6.07, 6.45) is 7.62. The van der Waals surface area contributed by atoms with Crippen LogP contribution in [0.15, 0.2) is 36.7 Å². The smallest absolute Gasteiger partial charge is 0.242 e. The lowest BCUT2D eigenvalue weighted by Crippen LogP contribution is -2.22. The van der Waals surface area contributed by atoms with E-state index >= 15 is 0 Å². The first-order chi connectivity index (χ1) is 10.8. The molecule has 0 saturated heterocycles. The Morgan fingerprint density at radius 1 is 1.09 bits per heavy atom. The van der Waals surface area contributed by atoms with Crippen LogP contribution in [0.25, 0.3) is 0 Å². The van der Waals surface area contributed by atoms with E-state index < -0.39 is 0 Å². The Balaban J connectivity index is 1.82. The molecule has 22 heavy (non-hydrogen) atoms. The van der Waals surface area contributed by atoms with Crippen LogP contribution in [-0.4, -0.2) is 23.1 Å². The molecule has 1 saturated carbocycles. The van der Waals surface area contributed by atoms with Crippen LogP contribution in [0, 0.1) is 0 Å². The minimum Gasteiger partial charge on any atom is -0.473 e. The number of ether oxygens (including phenoxy) is 1. The zero-order valence-corrected chi connectivity index (χ0v) is 12.9. The molecule has 0 spiro atoms. The molecule has 0 atom stereocenters. The Hall–Kier alpha value is -2.30. The Morgan fingerprint density at radius 2 is 1.82 bits per heavy atom. The molecule has 1 fully saturated rings. The minimum absolute atomic E-state index is 0.223. The molecular weight excluding hydrogens is 276 g/mol. The van der Waals surface area contributed by atoms with Gasteiger partial charge in [-0.3, -0.25) is 0 Å². The van der Waals surface area contributed by atoms with Crippen LogP contribution in [0.2, 0.25) is 0 Å². The van der Waals surface area contributed by atoms with E-state index in [2.05, 4.69) is 9.97 Å². The number of nitrogens with two attached hydrogens (primary N) is 1. The van der Waals surface area contributed by atoms with Gasteiger partial charge in [-0.2, -0.15) is 4.98 Å². The third-order valence-corrected chi connectivity index (χ3v) is 4.12. The summed E-state index contributed by atoms with van der Waals surface area (Å²) >= 11 is 0. The van der Waals surface area contributed by atoms with Crippen LogP contribution in [-0.2, 0) is 0 Å². The Kier molecular flexibility index (Phi) is 4.42. The van der Waals surface area contributed by atoms with Gasteiger partial charge in [0.2, 0.25) is 5.88 Å². The van der Waals surface area contributed by atoms with Gasteiger partial charge in [-0.25, -0.2) is 4.98 Å². The highest BCUT2D eigenvalue weighted by atomic mass is 16.5. The molecule has 2 aromatic rings. The van der Waals surface area contributed by atoms with Gasteiger partial charge >= 0.3 is 0 Å². The number of hydrogen-bond donors (Lipinski definition) is 1. The summed E-state index contributed by atoms with van der Waals surface area (Å²) in [6.45, 7) is 0. The number of hydrogen-bond acceptors (Lipinski definition) is 5. The highest BCUT2D eigenvalue weighted by Crippen LogP contribution is 2.33. The summed E-state index contributed by atoms with van der Waals surface area (Å²) in [5.74, 6) is 1.17. The predicted octanol–water partition coefficient (Wildman–Crippen LogP) is 3.54. The molecule has 116 valence electrons. The first kappa shape index (κ1) is 14.6. The standard InChI is InChI=1S/C17H22N4O/c1-21(13-8-4-2-5-9-13)16-15(18)17(20-12-19-16)22-14-10-6-3-7-11-14/h2,4-5,8-9,12,14H,3,6-7,10-11,18H2,1H3. The number of nitrogens with zero attached hydrogens (tertiary/aromatic N) is 3. The molecule has 5 heteroatoms. The molecular formula is C17H22N4O. The van der Waals surface area contributed by atoms with Gasteiger partial charge in [0.05, 0.1) is 0 Å². The molecule has 1 aromatic heterocycles. The molecule has 0 unspecified atom stereocenters. The Labute approximate surface area is 131 Å². The molecule has 1 heterocycles. The summed E-state index contributed by atoms with van der Waals surface area (Å²) in [4.78, 5) is 10.5. The molecule has 5 nitrogen and oxygen atoms in total. The second-order valence-corrected chi connectivity index (χ2v) is 5.69. The molecule has 0 bridgehead atoms. The molecule has 3 rings (SSSR count). The van der Waals surface area contributed by atoms with Crippen LogP contribution >= 0.6 is 0 Å². The SMILES string of the molecule is CN(c1ccccc1)c1ncnc(OC2CCCCC2)c1N. The Bertz CT molecular complexity index is 611. The topological polar surface area (TPSA) is 64.3 Å². The lowest BCUT2D eigenvalue weighted by atomic mass is 9.98. The first-order valence-corrected chi connectivity index (χ1v) is 7.81. The monoisotopic (exact) mass is 298 g/mol. The van der Waals surface area contributed by atoms with Gasteiger partial charge in [-0.1, -0.05) is 24.6 Å². The average Bonchev–Trinajstić information content (AvgIpc) is 2.58. The van der Waals surface area contributed by atoms with Gasteiger partial charge < -0.3 is 15.4 Å². The van der Waals surface area contributed by atoms with Crippen LogP contribution in [0.3, 0.4) is 0 Å². The number of rotatable bonds is 4. The second-order valence-electron chi connectivity index (χ2n) is 5.69. The van der Waals surface area contributed by atoms with Crippen molar-refractivity contribution in [1.82, 2.24) is 9.97 Å². The van der Waals surface area contributed by atoms with Crippen LogP contribution < -0.4 is 15.4 Å². The maximum Gasteiger partial charge on any atom is 0.242 e. The van der Waals surface area contributed by atoms with E-state index in [9.17, 15) is 0 Å². The molecule has 1 aromatic carbocycles. The highest BCUT2D eigenvalue weighted by molar-refractivity contribution is 5.73. The fourth-order valence-electron chi connectivity index (χ4n) is 2.85. The van der Waals surface area contributed by atoms with Crippen molar-refractivity contribution in [3.8, 4) is 5.88 Å². The maximum atomic E-state index is 6.25. The first-order valence-electron chi connectivity index (χ1n) is 7.81. The van der Waals surface area contributed by atoms with Crippen molar-refractivity contribution in [2.45, 2.75) is 38.2 Å². The Morgan fingerprint density at radius 3 is 2.55 bits per heavy atom. The zero-order valence-electron chi connectivity index (χ0n) is 12.9. The second kappa shape index (κ2) is 6.64. The highest BCUT2D eigenvalue weighted by Gasteiger charge is 2.19.